The maximum atomic E-state index is 9.33. The zero-order chi connectivity index (χ0) is 12.1. The first-order valence-electron chi connectivity index (χ1n) is 6.35. The van der Waals surface area contributed by atoms with Gasteiger partial charge < -0.3 is 14.8 Å². The molecule has 2 rings (SSSR count). The molecule has 2 atom stereocenters. The maximum absolute atomic E-state index is 9.33. The number of furan rings is 1. The molecule has 1 saturated carbocycles. The molecule has 96 valence electrons. The van der Waals surface area contributed by atoms with Gasteiger partial charge in [-0.1, -0.05) is 12.8 Å². The number of hydrogen-bond donors (Lipinski definition) is 2. The Balaban J connectivity index is 1.73. The van der Waals surface area contributed by atoms with Gasteiger partial charge in [0.15, 0.2) is 4.67 Å². The van der Waals surface area contributed by atoms with Gasteiger partial charge in [0, 0.05) is 6.61 Å². The summed E-state index contributed by atoms with van der Waals surface area (Å²) in [5, 5.41) is 12.8. The van der Waals surface area contributed by atoms with Crippen LogP contribution in [-0.2, 0) is 6.54 Å². The molecule has 0 aliphatic heterocycles. The van der Waals surface area contributed by atoms with E-state index in [4.69, 9.17) is 4.42 Å². The molecule has 1 heterocycles. The fourth-order valence-electron chi connectivity index (χ4n) is 2.62. The van der Waals surface area contributed by atoms with Crippen molar-refractivity contribution in [3.8, 4) is 0 Å². The monoisotopic (exact) mass is 301 g/mol. The average molecular weight is 302 g/mol. The Bertz CT molecular complexity index is 340. The zero-order valence-corrected chi connectivity index (χ0v) is 11.6. The summed E-state index contributed by atoms with van der Waals surface area (Å²) < 4.78 is 6.21. The van der Waals surface area contributed by atoms with Gasteiger partial charge in [0.2, 0.25) is 0 Å². The van der Waals surface area contributed by atoms with Crippen LogP contribution in [0.3, 0.4) is 0 Å². The molecule has 0 aromatic carbocycles. The van der Waals surface area contributed by atoms with Crippen molar-refractivity contribution >= 4 is 15.9 Å². The lowest BCUT2D eigenvalue weighted by molar-refractivity contribution is 0.132. The number of rotatable bonds is 5. The Kier molecular flexibility index (Phi) is 5.07. The van der Waals surface area contributed by atoms with Crippen LogP contribution in [0.4, 0.5) is 0 Å². The Morgan fingerprint density at radius 3 is 2.71 bits per heavy atom. The fraction of sp³-hybridized carbons (Fsp3) is 0.692. The highest BCUT2D eigenvalue weighted by Crippen LogP contribution is 2.29. The quantitative estimate of drug-likeness (QED) is 0.879. The Morgan fingerprint density at radius 2 is 2.06 bits per heavy atom. The summed E-state index contributed by atoms with van der Waals surface area (Å²) in [6, 6.07) is 3.88. The molecule has 4 heteroatoms. The van der Waals surface area contributed by atoms with Crippen LogP contribution >= 0.6 is 15.9 Å². The molecule has 2 N–H and O–H groups in total. The molecular formula is C13H20BrNO2. The smallest absolute Gasteiger partial charge is 0.169 e. The van der Waals surface area contributed by atoms with Crippen molar-refractivity contribution in [3.63, 3.8) is 0 Å². The molecule has 1 aromatic rings. The summed E-state index contributed by atoms with van der Waals surface area (Å²) in [4.78, 5) is 0. The molecule has 2 unspecified atom stereocenters. The maximum Gasteiger partial charge on any atom is 0.169 e. The van der Waals surface area contributed by atoms with Crippen LogP contribution < -0.4 is 5.32 Å². The standard InChI is InChI=1S/C13H20BrNO2/c14-13-6-5-12(17-13)8-15-7-10-3-1-2-4-11(10)9-16/h5-6,10-11,15-16H,1-4,7-9H2. The van der Waals surface area contributed by atoms with Gasteiger partial charge in [0.1, 0.15) is 5.76 Å². The number of halogens is 1. The van der Waals surface area contributed by atoms with Gasteiger partial charge in [-0.3, -0.25) is 0 Å². The summed E-state index contributed by atoms with van der Waals surface area (Å²) in [5.74, 6) is 2.06. The first-order valence-corrected chi connectivity index (χ1v) is 7.14. The third-order valence-corrected chi connectivity index (χ3v) is 4.06. The molecule has 3 nitrogen and oxygen atoms in total. The summed E-state index contributed by atoms with van der Waals surface area (Å²) >= 11 is 3.29. The number of nitrogens with one attached hydrogen (secondary N) is 1. The van der Waals surface area contributed by atoms with Crippen molar-refractivity contribution in [2.45, 2.75) is 32.2 Å². The highest BCUT2D eigenvalue weighted by Gasteiger charge is 2.23. The first kappa shape index (κ1) is 13.1. The van der Waals surface area contributed by atoms with Crippen molar-refractivity contribution in [2.75, 3.05) is 13.2 Å². The largest absolute Gasteiger partial charge is 0.453 e. The minimum Gasteiger partial charge on any atom is -0.453 e. The van der Waals surface area contributed by atoms with E-state index in [1.165, 1.54) is 25.7 Å². The molecular weight excluding hydrogens is 282 g/mol. The highest BCUT2D eigenvalue weighted by atomic mass is 79.9. The molecule has 0 amide bonds. The lowest BCUT2D eigenvalue weighted by Gasteiger charge is -2.30. The van der Waals surface area contributed by atoms with Crippen molar-refractivity contribution in [3.05, 3.63) is 22.6 Å². The Hall–Kier alpha value is -0.320. The van der Waals surface area contributed by atoms with E-state index < -0.39 is 0 Å². The fourth-order valence-corrected chi connectivity index (χ4v) is 2.96. The lowest BCUT2D eigenvalue weighted by Crippen LogP contribution is -2.32. The van der Waals surface area contributed by atoms with E-state index in [1.54, 1.807) is 0 Å². The van der Waals surface area contributed by atoms with Crippen LogP contribution in [-0.4, -0.2) is 18.3 Å². The van der Waals surface area contributed by atoms with Gasteiger partial charge in [-0.2, -0.15) is 0 Å². The predicted molar refractivity (Wildman–Crippen MR) is 70.6 cm³/mol. The summed E-state index contributed by atoms with van der Waals surface area (Å²) in [6.45, 7) is 2.07. The van der Waals surface area contributed by atoms with Crippen LogP contribution in [0.2, 0.25) is 0 Å². The molecule has 0 bridgehead atoms. The summed E-state index contributed by atoms with van der Waals surface area (Å²) in [7, 11) is 0. The van der Waals surface area contributed by atoms with Gasteiger partial charge in [-0.15, -0.1) is 0 Å². The number of aliphatic hydroxyl groups excluding tert-OH is 1. The second-order valence-electron chi connectivity index (χ2n) is 4.82. The van der Waals surface area contributed by atoms with E-state index in [9.17, 15) is 5.11 Å². The predicted octanol–water partition coefficient (Wildman–Crippen LogP) is 2.93. The molecule has 0 saturated heterocycles. The molecule has 1 fully saturated rings. The van der Waals surface area contributed by atoms with E-state index in [-0.39, 0.29) is 0 Å². The molecule has 0 radical (unpaired) electrons. The minimum atomic E-state index is 0.332. The van der Waals surface area contributed by atoms with E-state index in [1.807, 2.05) is 12.1 Å². The number of aliphatic hydroxyl groups is 1. The second-order valence-corrected chi connectivity index (χ2v) is 5.61. The topological polar surface area (TPSA) is 45.4 Å². The Morgan fingerprint density at radius 1 is 1.29 bits per heavy atom. The van der Waals surface area contributed by atoms with E-state index in [0.29, 0.717) is 18.4 Å². The first-order chi connectivity index (χ1) is 8.29. The zero-order valence-electron chi connectivity index (χ0n) is 9.99. The summed E-state index contributed by atoms with van der Waals surface area (Å²) in [6.07, 6.45) is 4.98. The Labute approximate surface area is 111 Å². The van der Waals surface area contributed by atoms with Crippen molar-refractivity contribution < 1.29 is 9.52 Å². The molecule has 1 aliphatic rings. The van der Waals surface area contributed by atoms with E-state index in [0.717, 1.165) is 23.5 Å². The van der Waals surface area contributed by atoms with Gasteiger partial charge >= 0.3 is 0 Å². The van der Waals surface area contributed by atoms with Gasteiger partial charge in [-0.05, 0) is 59.3 Å². The van der Waals surface area contributed by atoms with Crippen LogP contribution in [0.5, 0.6) is 0 Å². The van der Waals surface area contributed by atoms with Gasteiger partial charge in [0.05, 0.1) is 6.54 Å². The summed E-state index contributed by atoms with van der Waals surface area (Å²) in [5.41, 5.74) is 0. The molecule has 1 aromatic heterocycles. The van der Waals surface area contributed by atoms with Crippen molar-refractivity contribution in [1.29, 1.82) is 0 Å². The average Bonchev–Trinajstić information content (AvgIpc) is 2.76. The number of hydrogen-bond acceptors (Lipinski definition) is 3. The third kappa shape index (κ3) is 3.83. The normalized spacial score (nSPS) is 25.1. The van der Waals surface area contributed by atoms with Crippen LogP contribution in [0.15, 0.2) is 21.2 Å². The third-order valence-electron chi connectivity index (χ3n) is 3.64. The van der Waals surface area contributed by atoms with E-state index in [2.05, 4.69) is 21.2 Å². The molecule has 1 aliphatic carbocycles. The van der Waals surface area contributed by atoms with Crippen LogP contribution in [0.1, 0.15) is 31.4 Å². The van der Waals surface area contributed by atoms with Crippen LogP contribution in [0.25, 0.3) is 0 Å². The van der Waals surface area contributed by atoms with Crippen molar-refractivity contribution in [2.24, 2.45) is 11.8 Å². The highest BCUT2D eigenvalue weighted by molar-refractivity contribution is 9.10. The molecule has 17 heavy (non-hydrogen) atoms. The molecule has 0 spiro atoms. The minimum absolute atomic E-state index is 0.332. The van der Waals surface area contributed by atoms with Gasteiger partial charge in [-0.25, -0.2) is 0 Å². The van der Waals surface area contributed by atoms with E-state index >= 15 is 0 Å². The second kappa shape index (κ2) is 6.57. The lowest BCUT2D eigenvalue weighted by atomic mass is 9.79. The van der Waals surface area contributed by atoms with Crippen molar-refractivity contribution in [1.82, 2.24) is 5.32 Å². The van der Waals surface area contributed by atoms with Gasteiger partial charge in [0.25, 0.3) is 0 Å². The van der Waals surface area contributed by atoms with Crippen LogP contribution in [0, 0.1) is 11.8 Å². The SMILES string of the molecule is OCC1CCCCC1CNCc1ccc(Br)o1.